The molecule has 0 bridgehead atoms. The van der Waals surface area contributed by atoms with Crippen molar-refractivity contribution >= 4 is 27.5 Å². The minimum Gasteiger partial charge on any atom is -0.490 e. The monoisotopic (exact) mass is 450 g/mol. The van der Waals surface area contributed by atoms with E-state index in [-0.39, 0.29) is 24.0 Å². The summed E-state index contributed by atoms with van der Waals surface area (Å²) in [6.45, 7) is 3.32. The Morgan fingerprint density at radius 1 is 1.10 bits per heavy atom. The van der Waals surface area contributed by atoms with E-state index in [9.17, 15) is 13.2 Å². The lowest BCUT2D eigenvalue weighted by molar-refractivity contribution is 0.0947. The lowest BCUT2D eigenvalue weighted by Crippen LogP contribution is -2.33. The quantitative estimate of drug-likeness (QED) is 0.646. The van der Waals surface area contributed by atoms with Crippen molar-refractivity contribution in [2.75, 3.05) is 26.2 Å². The number of sulfonamides is 1. The Morgan fingerprint density at radius 3 is 2.50 bits per heavy atom. The Morgan fingerprint density at radius 2 is 1.80 bits per heavy atom. The minimum absolute atomic E-state index is 0.198. The Bertz CT molecular complexity index is 986. The van der Waals surface area contributed by atoms with Crippen LogP contribution in [0.5, 0.6) is 5.75 Å². The summed E-state index contributed by atoms with van der Waals surface area (Å²) in [6.07, 6.45) is 3.82. The van der Waals surface area contributed by atoms with Crippen molar-refractivity contribution in [1.29, 1.82) is 0 Å². The van der Waals surface area contributed by atoms with Crippen molar-refractivity contribution < 1.29 is 17.9 Å². The van der Waals surface area contributed by atoms with Crippen LogP contribution < -0.4 is 10.1 Å². The number of hydrogen-bond acceptors (Lipinski definition) is 4. The van der Waals surface area contributed by atoms with Crippen molar-refractivity contribution in [3.05, 3.63) is 58.6 Å². The maximum absolute atomic E-state index is 13.1. The highest BCUT2D eigenvalue weighted by atomic mass is 35.5. The number of nitrogens with one attached hydrogen (secondary N) is 1. The van der Waals surface area contributed by atoms with Gasteiger partial charge in [-0.2, -0.15) is 4.31 Å². The number of para-hydroxylation sites is 1. The molecule has 6 nitrogen and oxygen atoms in total. The smallest absolute Gasteiger partial charge is 0.251 e. The molecule has 1 aliphatic rings. The summed E-state index contributed by atoms with van der Waals surface area (Å²) in [4.78, 5) is 12.7. The van der Waals surface area contributed by atoms with Crippen LogP contribution in [0.15, 0.2) is 47.4 Å². The van der Waals surface area contributed by atoms with Crippen molar-refractivity contribution in [3.8, 4) is 5.75 Å². The van der Waals surface area contributed by atoms with E-state index < -0.39 is 10.0 Å². The van der Waals surface area contributed by atoms with E-state index in [0.717, 1.165) is 25.7 Å². The third kappa shape index (κ3) is 5.53. The molecule has 0 unspecified atom stereocenters. The van der Waals surface area contributed by atoms with Gasteiger partial charge in [-0.25, -0.2) is 8.42 Å². The lowest BCUT2D eigenvalue weighted by Gasteiger charge is -2.21. The predicted molar refractivity (Wildman–Crippen MR) is 118 cm³/mol. The Kier molecular flexibility index (Phi) is 7.75. The van der Waals surface area contributed by atoms with Gasteiger partial charge in [0.25, 0.3) is 5.91 Å². The first kappa shape index (κ1) is 22.6. The molecule has 1 amide bonds. The van der Waals surface area contributed by atoms with E-state index in [1.165, 1.54) is 6.07 Å². The second-order valence-corrected chi connectivity index (χ2v) is 9.65. The number of amides is 1. The molecule has 162 valence electrons. The van der Waals surface area contributed by atoms with Crippen LogP contribution in [-0.4, -0.2) is 44.9 Å². The number of benzene rings is 2. The molecule has 3 rings (SSSR count). The fourth-order valence-electron chi connectivity index (χ4n) is 3.43. The van der Waals surface area contributed by atoms with Crippen LogP contribution in [0.2, 0.25) is 5.02 Å². The Hall–Kier alpha value is -2.09. The molecule has 0 saturated carbocycles. The Balaban J connectivity index is 1.65. The van der Waals surface area contributed by atoms with Gasteiger partial charge in [-0.3, -0.25) is 4.79 Å². The van der Waals surface area contributed by atoms with Crippen LogP contribution in [0.4, 0.5) is 0 Å². The SMILES string of the molecule is Cc1ccc(C(=O)NCCOc2ccccc2Cl)cc1S(=O)(=O)N1CCCCCC1. The molecule has 30 heavy (non-hydrogen) atoms. The van der Waals surface area contributed by atoms with Gasteiger partial charge in [0.15, 0.2) is 0 Å². The maximum atomic E-state index is 13.1. The number of hydrogen-bond donors (Lipinski definition) is 1. The average Bonchev–Trinajstić information content (AvgIpc) is 3.02. The van der Waals surface area contributed by atoms with E-state index >= 15 is 0 Å². The van der Waals surface area contributed by atoms with Crippen molar-refractivity contribution in [2.45, 2.75) is 37.5 Å². The zero-order chi connectivity index (χ0) is 21.6. The molecule has 1 aliphatic heterocycles. The molecule has 0 radical (unpaired) electrons. The second kappa shape index (κ2) is 10.3. The molecule has 1 fully saturated rings. The van der Waals surface area contributed by atoms with Gasteiger partial charge < -0.3 is 10.1 Å². The first-order chi connectivity index (χ1) is 14.4. The fourth-order valence-corrected chi connectivity index (χ4v) is 5.39. The number of nitrogens with zero attached hydrogens (tertiary/aromatic N) is 1. The fraction of sp³-hybridized carbons (Fsp3) is 0.409. The number of aryl methyl sites for hydroxylation is 1. The molecule has 2 aromatic carbocycles. The highest BCUT2D eigenvalue weighted by molar-refractivity contribution is 7.89. The summed E-state index contributed by atoms with van der Waals surface area (Å²) in [5, 5.41) is 3.27. The summed E-state index contributed by atoms with van der Waals surface area (Å²) in [6, 6.07) is 11.9. The predicted octanol–water partition coefficient (Wildman–Crippen LogP) is 4.02. The molecule has 1 saturated heterocycles. The number of rotatable bonds is 7. The van der Waals surface area contributed by atoms with E-state index in [0.29, 0.717) is 35.0 Å². The molecule has 0 spiro atoms. The van der Waals surface area contributed by atoms with Crippen LogP contribution in [0.1, 0.15) is 41.6 Å². The van der Waals surface area contributed by atoms with Crippen LogP contribution in [0.25, 0.3) is 0 Å². The normalized spacial score (nSPS) is 15.4. The largest absolute Gasteiger partial charge is 0.490 e. The summed E-state index contributed by atoms with van der Waals surface area (Å²) < 4.78 is 33.4. The zero-order valence-electron chi connectivity index (χ0n) is 17.1. The maximum Gasteiger partial charge on any atom is 0.251 e. The third-order valence-corrected chi connectivity index (χ3v) is 7.47. The van der Waals surface area contributed by atoms with Gasteiger partial charge in [0.05, 0.1) is 16.5 Å². The van der Waals surface area contributed by atoms with Crippen molar-refractivity contribution in [3.63, 3.8) is 0 Å². The van der Waals surface area contributed by atoms with E-state index in [4.69, 9.17) is 16.3 Å². The van der Waals surface area contributed by atoms with Crippen molar-refractivity contribution in [1.82, 2.24) is 9.62 Å². The van der Waals surface area contributed by atoms with Gasteiger partial charge in [0.1, 0.15) is 12.4 Å². The summed E-state index contributed by atoms with van der Waals surface area (Å²) in [7, 11) is -3.62. The van der Waals surface area contributed by atoms with E-state index in [2.05, 4.69) is 5.32 Å². The molecular weight excluding hydrogens is 424 g/mol. The highest BCUT2D eigenvalue weighted by Gasteiger charge is 2.27. The van der Waals surface area contributed by atoms with Gasteiger partial charge >= 0.3 is 0 Å². The minimum atomic E-state index is -3.62. The number of ether oxygens (including phenoxy) is 1. The van der Waals surface area contributed by atoms with Crippen molar-refractivity contribution in [2.24, 2.45) is 0 Å². The summed E-state index contributed by atoms with van der Waals surface area (Å²) in [5.74, 6) is 0.208. The number of carbonyl (C=O) groups excluding carboxylic acids is 1. The molecule has 0 aromatic heterocycles. The van der Waals surface area contributed by atoms with Crippen LogP contribution in [0, 0.1) is 6.92 Å². The lowest BCUT2D eigenvalue weighted by atomic mass is 10.1. The van der Waals surface area contributed by atoms with Gasteiger partial charge in [-0.05, 0) is 49.6 Å². The first-order valence-electron chi connectivity index (χ1n) is 10.2. The molecule has 0 aliphatic carbocycles. The molecule has 1 N–H and O–H groups in total. The van der Waals surface area contributed by atoms with Gasteiger partial charge in [-0.1, -0.05) is 42.6 Å². The van der Waals surface area contributed by atoms with Gasteiger partial charge in [0.2, 0.25) is 10.0 Å². The van der Waals surface area contributed by atoms with E-state index in [1.54, 1.807) is 35.5 Å². The molecule has 1 heterocycles. The summed E-state index contributed by atoms with van der Waals surface area (Å²) >= 11 is 6.04. The topological polar surface area (TPSA) is 75.7 Å². The number of carbonyl (C=O) groups is 1. The van der Waals surface area contributed by atoms with Gasteiger partial charge in [-0.15, -0.1) is 0 Å². The second-order valence-electron chi connectivity index (χ2n) is 7.33. The van der Waals surface area contributed by atoms with E-state index in [1.807, 2.05) is 12.1 Å². The highest BCUT2D eigenvalue weighted by Crippen LogP contribution is 2.25. The average molecular weight is 451 g/mol. The third-order valence-electron chi connectivity index (χ3n) is 5.12. The molecule has 2 aromatic rings. The first-order valence-corrected chi connectivity index (χ1v) is 12.0. The molecular formula is C22H27ClN2O4S. The van der Waals surface area contributed by atoms with Crippen LogP contribution >= 0.6 is 11.6 Å². The Labute approximate surface area is 183 Å². The number of halogens is 1. The van der Waals surface area contributed by atoms with Crippen LogP contribution in [0.3, 0.4) is 0 Å². The van der Waals surface area contributed by atoms with Crippen LogP contribution in [-0.2, 0) is 10.0 Å². The zero-order valence-corrected chi connectivity index (χ0v) is 18.6. The molecule has 0 atom stereocenters. The van der Waals surface area contributed by atoms with Gasteiger partial charge in [0, 0.05) is 18.7 Å². The summed E-state index contributed by atoms with van der Waals surface area (Å²) in [5.41, 5.74) is 0.949. The standard InChI is InChI=1S/C22H27ClN2O4S/c1-17-10-11-18(16-21(17)30(27,28)25-13-6-2-3-7-14-25)22(26)24-12-15-29-20-9-5-4-8-19(20)23/h4-5,8-11,16H,2-3,6-7,12-15H2,1H3,(H,24,26). The molecule has 8 heteroatoms.